The minimum Gasteiger partial charge on any atom is -0.365 e. The fourth-order valence-corrected chi connectivity index (χ4v) is 1.13. The number of amides is 1. The highest BCUT2D eigenvalue weighted by atomic mass is 16.1. The highest BCUT2D eigenvalue weighted by molar-refractivity contribution is 5.78. The molecule has 2 N–H and O–H groups in total. The summed E-state index contributed by atoms with van der Waals surface area (Å²) in [7, 11) is 5.91. The van der Waals surface area contributed by atoms with Gasteiger partial charge in [0.1, 0.15) is 0 Å². The van der Waals surface area contributed by atoms with Crippen molar-refractivity contribution in [3.05, 3.63) is 0 Å². The Morgan fingerprint density at radius 1 is 1.50 bits per heavy atom. The predicted molar refractivity (Wildman–Crippen MR) is 41.3 cm³/mol. The fourth-order valence-electron chi connectivity index (χ4n) is 1.13. The standard InChI is InChI=1S/C7H16N2O/c1-5-6(7(8)10)9(2,3)4/h6H,5H2,1-4H3,(H-,8,10)/p+1. The van der Waals surface area contributed by atoms with E-state index in [1.54, 1.807) is 0 Å². The van der Waals surface area contributed by atoms with E-state index in [0.717, 1.165) is 6.42 Å². The first-order chi connectivity index (χ1) is 4.39. The van der Waals surface area contributed by atoms with Gasteiger partial charge in [-0.05, 0) is 0 Å². The van der Waals surface area contributed by atoms with Crippen LogP contribution in [0.5, 0.6) is 0 Å². The van der Waals surface area contributed by atoms with Gasteiger partial charge in [-0.1, -0.05) is 6.92 Å². The van der Waals surface area contributed by atoms with Crippen LogP contribution in [0.2, 0.25) is 0 Å². The Labute approximate surface area is 62.4 Å². The van der Waals surface area contributed by atoms with Crippen LogP contribution in [0.1, 0.15) is 13.3 Å². The number of carbonyl (C=O) groups is 1. The second-order valence-corrected chi connectivity index (χ2v) is 3.44. The van der Waals surface area contributed by atoms with Crippen LogP contribution in [-0.2, 0) is 4.79 Å². The maximum atomic E-state index is 10.8. The predicted octanol–water partition coefficient (Wildman–Crippen LogP) is -0.0435. The van der Waals surface area contributed by atoms with E-state index in [2.05, 4.69) is 0 Å². The van der Waals surface area contributed by atoms with Crippen molar-refractivity contribution in [3.8, 4) is 0 Å². The number of hydrogen-bond donors (Lipinski definition) is 1. The molecule has 60 valence electrons. The highest BCUT2D eigenvalue weighted by Gasteiger charge is 2.26. The minimum absolute atomic E-state index is 0.0556. The first-order valence-corrected chi connectivity index (χ1v) is 3.50. The Morgan fingerprint density at radius 2 is 1.90 bits per heavy atom. The van der Waals surface area contributed by atoms with Crippen LogP contribution in [0.4, 0.5) is 0 Å². The van der Waals surface area contributed by atoms with E-state index < -0.39 is 0 Å². The van der Waals surface area contributed by atoms with E-state index in [1.807, 2.05) is 28.1 Å². The van der Waals surface area contributed by atoms with Gasteiger partial charge in [0.05, 0.1) is 21.1 Å². The molecule has 1 unspecified atom stereocenters. The summed E-state index contributed by atoms with van der Waals surface area (Å²) < 4.78 is 0.617. The van der Waals surface area contributed by atoms with Gasteiger partial charge in [-0.25, -0.2) is 0 Å². The Hall–Kier alpha value is -0.570. The molecule has 0 saturated heterocycles. The lowest BCUT2D eigenvalue weighted by molar-refractivity contribution is -0.886. The monoisotopic (exact) mass is 145 g/mol. The number of primary amides is 1. The number of quaternary nitrogens is 1. The first-order valence-electron chi connectivity index (χ1n) is 3.50. The van der Waals surface area contributed by atoms with Crippen LogP contribution in [0, 0.1) is 0 Å². The van der Waals surface area contributed by atoms with Gasteiger partial charge in [-0.3, -0.25) is 4.79 Å². The molecule has 0 aromatic rings. The van der Waals surface area contributed by atoms with Gasteiger partial charge in [0.15, 0.2) is 6.04 Å². The van der Waals surface area contributed by atoms with Gasteiger partial charge in [0, 0.05) is 6.42 Å². The maximum Gasteiger partial charge on any atom is 0.275 e. The van der Waals surface area contributed by atoms with Crippen molar-refractivity contribution >= 4 is 5.91 Å². The summed E-state index contributed by atoms with van der Waals surface area (Å²) in [5, 5.41) is 0. The van der Waals surface area contributed by atoms with Crippen molar-refractivity contribution in [3.63, 3.8) is 0 Å². The number of hydrogen-bond acceptors (Lipinski definition) is 1. The van der Waals surface area contributed by atoms with Crippen molar-refractivity contribution in [2.24, 2.45) is 5.73 Å². The average molecular weight is 145 g/mol. The van der Waals surface area contributed by atoms with Crippen molar-refractivity contribution in [1.82, 2.24) is 0 Å². The van der Waals surface area contributed by atoms with E-state index >= 15 is 0 Å². The lowest BCUT2D eigenvalue weighted by Gasteiger charge is -2.30. The van der Waals surface area contributed by atoms with E-state index in [4.69, 9.17) is 5.73 Å². The lowest BCUT2D eigenvalue weighted by atomic mass is 10.2. The topological polar surface area (TPSA) is 43.1 Å². The molecule has 3 heteroatoms. The van der Waals surface area contributed by atoms with Crippen LogP contribution < -0.4 is 5.73 Å². The highest BCUT2D eigenvalue weighted by Crippen LogP contribution is 2.05. The van der Waals surface area contributed by atoms with Crippen LogP contribution in [0.25, 0.3) is 0 Å². The molecule has 1 atom stereocenters. The van der Waals surface area contributed by atoms with E-state index in [-0.39, 0.29) is 11.9 Å². The molecule has 0 heterocycles. The Balaban J connectivity index is 4.22. The number of nitrogens with two attached hydrogens (primary N) is 1. The lowest BCUT2D eigenvalue weighted by Crippen LogP contribution is -2.51. The van der Waals surface area contributed by atoms with Crippen LogP contribution in [-0.4, -0.2) is 37.6 Å². The zero-order valence-corrected chi connectivity index (χ0v) is 7.22. The molecule has 0 aliphatic rings. The van der Waals surface area contributed by atoms with Crippen molar-refractivity contribution < 1.29 is 9.28 Å². The van der Waals surface area contributed by atoms with Crippen molar-refractivity contribution in [1.29, 1.82) is 0 Å². The quantitative estimate of drug-likeness (QED) is 0.556. The molecule has 0 saturated carbocycles. The number of rotatable bonds is 3. The van der Waals surface area contributed by atoms with Crippen LogP contribution in [0.15, 0.2) is 0 Å². The summed E-state index contributed by atoms with van der Waals surface area (Å²) in [6.07, 6.45) is 0.804. The zero-order valence-electron chi connectivity index (χ0n) is 7.22. The minimum atomic E-state index is -0.213. The smallest absolute Gasteiger partial charge is 0.275 e. The molecule has 0 fully saturated rings. The van der Waals surface area contributed by atoms with Gasteiger partial charge in [0.25, 0.3) is 5.91 Å². The molecule has 0 aromatic heterocycles. The average Bonchev–Trinajstić information content (AvgIpc) is 1.60. The van der Waals surface area contributed by atoms with E-state index in [0.29, 0.717) is 4.48 Å². The van der Waals surface area contributed by atoms with Crippen LogP contribution >= 0.6 is 0 Å². The molecule has 0 aliphatic carbocycles. The summed E-state index contributed by atoms with van der Waals surface area (Å²) >= 11 is 0. The molecule has 10 heavy (non-hydrogen) atoms. The fraction of sp³-hybridized carbons (Fsp3) is 0.857. The Bertz CT molecular complexity index is 126. The summed E-state index contributed by atoms with van der Waals surface area (Å²) in [4.78, 5) is 10.8. The molecular weight excluding hydrogens is 128 g/mol. The molecular formula is C7H17N2O+. The third-order valence-corrected chi connectivity index (χ3v) is 1.65. The summed E-state index contributed by atoms with van der Waals surface area (Å²) in [5.74, 6) is -0.213. The molecule has 0 rings (SSSR count). The Kier molecular flexibility index (Phi) is 2.84. The normalized spacial score (nSPS) is 14.8. The molecule has 1 amide bonds. The van der Waals surface area contributed by atoms with Gasteiger partial charge >= 0.3 is 0 Å². The molecule has 0 spiro atoms. The largest absolute Gasteiger partial charge is 0.365 e. The van der Waals surface area contributed by atoms with Crippen LogP contribution in [0.3, 0.4) is 0 Å². The van der Waals surface area contributed by atoms with Gasteiger partial charge in [-0.15, -0.1) is 0 Å². The summed E-state index contributed by atoms with van der Waals surface area (Å²) in [5.41, 5.74) is 5.18. The summed E-state index contributed by atoms with van der Waals surface area (Å²) in [6, 6.07) is -0.0556. The third kappa shape index (κ3) is 2.35. The Morgan fingerprint density at radius 3 is 1.90 bits per heavy atom. The van der Waals surface area contributed by atoms with Gasteiger partial charge < -0.3 is 10.2 Å². The van der Waals surface area contributed by atoms with Gasteiger partial charge in [0.2, 0.25) is 0 Å². The number of carbonyl (C=O) groups excluding carboxylic acids is 1. The number of nitrogens with zero attached hydrogens (tertiary/aromatic N) is 1. The SMILES string of the molecule is CCC(C(N)=O)[N+](C)(C)C. The second kappa shape index (κ2) is 3.01. The molecule has 3 nitrogen and oxygen atoms in total. The van der Waals surface area contributed by atoms with E-state index in [1.165, 1.54) is 0 Å². The second-order valence-electron chi connectivity index (χ2n) is 3.44. The van der Waals surface area contributed by atoms with Crippen molar-refractivity contribution in [2.75, 3.05) is 21.1 Å². The molecule has 0 radical (unpaired) electrons. The molecule has 0 aliphatic heterocycles. The van der Waals surface area contributed by atoms with E-state index in [9.17, 15) is 4.79 Å². The maximum absolute atomic E-state index is 10.8. The number of likely N-dealkylation sites (N-methyl/N-ethyl adjacent to an activating group) is 1. The zero-order chi connectivity index (χ0) is 8.36. The first kappa shape index (κ1) is 9.43. The summed E-state index contributed by atoms with van der Waals surface area (Å²) in [6.45, 7) is 1.97. The van der Waals surface area contributed by atoms with Gasteiger partial charge in [-0.2, -0.15) is 0 Å². The van der Waals surface area contributed by atoms with Crippen molar-refractivity contribution in [2.45, 2.75) is 19.4 Å². The molecule has 0 bridgehead atoms. The molecule has 0 aromatic carbocycles. The third-order valence-electron chi connectivity index (χ3n) is 1.65.